The molecule has 0 aliphatic rings. The van der Waals surface area contributed by atoms with Crippen LogP contribution in [0.5, 0.6) is 0 Å². The first kappa shape index (κ1) is 32.1. The molecule has 0 atom stereocenters. The number of pyridine rings is 3. The summed E-state index contributed by atoms with van der Waals surface area (Å²) in [6.45, 7) is 6.29. The van der Waals surface area contributed by atoms with Crippen LogP contribution in [-0.2, 0) is 20.1 Å². The summed E-state index contributed by atoms with van der Waals surface area (Å²) in [6, 6.07) is 47.7. The van der Waals surface area contributed by atoms with Crippen LogP contribution in [0.3, 0.4) is 0 Å². The molecule has 49 heavy (non-hydrogen) atoms. The normalized spacial score (nSPS) is 11.0. The van der Waals surface area contributed by atoms with E-state index in [0.717, 1.165) is 77.6 Å². The van der Waals surface area contributed by atoms with Crippen molar-refractivity contribution in [3.63, 3.8) is 0 Å². The average Bonchev–Trinajstić information content (AvgIpc) is 3.52. The molecule has 4 nitrogen and oxygen atoms in total. The first-order chi connectivity index (χ1) is 23.5. The first-order valence-corrected chi connectivity index (χ1v) is 16.0. The van der Waals surface area contributed by atoms with Crippen molar-refractivity contribution in [2.24, 2.45) is 0 Å². The maximum Gasteiger partial charge on any atom is 0.128 e. The molecule has 0 aliphatic carbocycles. The van der Waals surface area contributed by atoms with Crippen molar-refractivity contribution in [1.82, 2.24) is 15.0 Å². The van der Waals surface area contributed by atoms with Crippen molar-refractivity contribution in [3.05, 3.63) is 163 Å². The molecule has 0 unspecified atom stereocenters. The van der Waals surface area contributed by atoms with Crippen molar-refractivity contribution >= 4 is 43.6 Å². The van der Waals surface area contributed by atoms with Gasteiger partial charge in [-0.25, -0.2) is 0 Å². The smallest absolute Gasteiger partial charge is 0.128 e. The first-order valence-electron chi connectivity index (χ1n) is 16.0. The largest absolute Gasteiger partial charge is 0.500 e. The van der Waals surface area contributed by atoms with Crippen LogP contribution < -0.4 is 0 Å². The molecule has 0 aliphatic heterocycles. The number of benzene rings is 5. The Morgan fingerprint density at radius 2 is 1.37 bits per heavy atom. The van der Waals surface area contributed by atoms with E-state index in [0.29, 0.717) is 0 Å². The Morgan fingerprint density at radius 3 is 2.20 bits per heavy atom. The molecule has 5 heteroatoms. The molecule has 0 saturated heterocycles. The summed E-state index contributed by atoms with van der Waals surface area (Å²) in [4.78, 5) is 13.7. The second-order valence-corrected chi connectivity index (χ2v) is 12.0. The van der Waals surface area contributed by atoms with E-state index in [1.165, 1.54) is 16.5 Å². The second-order valence-electron chi connectivity index (χ2n) is 12.0. The Balaban J connectivity index is 0.000000246. The van der Waals surface area contributed by atoms with Gasteiger partial charge in [0.15, 0.2) is 0 Å². The third kappa shape index (κ3) is 6.15. The van der Waals surface area contributed by atoms with Crippen molar-refractivity contribution in [2.75, 3.05) is 0 Å². The molecule has 0 saturated carbocycles. The van der Waals surface area contributed by atoms with E-state index in [2.05, 4.69) is 104 Å². The van der Waals surface area contributed by atoms with E-state index in [1.807, 2.05) is 61.7 Å². The van der Waals surface area contributed by atoms with Crippen LogP contribution in [0, 0.1) is 32.9 Å². The standard InChI is InChI=1S/C33H23N2O.C11H8N.Ir/c1-19-15-30-23(12-11-21(3)35-30)16-28(19)29-17-31(34-18-20(29)2)27-10-6-9-25-26-14-13-22-7-4-5-8-24(22)32(26)36-33(25)27;1-2-6-10(7-3-1)11-8-4-5-9-12-11;/h4-9,11-18H,1-3H3;1-6,8-9H;/q2*-1;. The second kappa shape index (κ2) is 13.6. The summed E-state index contributed by atoms with van der Waals surface area (Å²) < 4.78 is 6.54. The fourth-order valence-corrected chi connectivity index (χ4v) is 6.35. The summed E-state index contributed by atoms with van der Waals surface area (Å²) in [5.74, 6) is 0. The fraction of sp³-hybridized carbons (Fsp3) is 0.0682. The van der Waals surface area contributed by atoms with E-state index in [4.69, 9.17) is 14.4 Å². The minimum atomic E-state index is 0. The molecule has 1 radical (unpaired) electrons. The topological polar surface area (TPSA) is 51.8 Å². The van der Waals surface area contributed by atoms with Gasteiger partial charge in [0.25, 0.3) is 0 Å². The number of rotatable bonds is 3. The molecule has 9 aromatic rings. The molecule has 0 bridgehead atoms. The van der Waals surface area contributed by atoms with Crippen LogP contribution in [0.2, 0.25) is 0 Å². The molecule has 9 rings (SSSR count). The summed E-state index contributed by atoms with van der Waals surface area (Å²) in [5.41, 5.74) is 12.2. The monoisotopic (exact) mass is 810 g/mol. The SMILES string of the molecule is Cc1ccc2cc(-c3cc(-c4[c-]ccc5c4oc4c6ccccc6ccc54)ncc3C)c(C)cc2n1.[Ir].[c-]1ccccc1-c1ccccn1. The van der Waals surface area contributed by atoms with Gasteiger partial charge in [-0.3, -0.25) is 4.98 Å². The minimum absolute atomic E-state index is 0. The molecule has 239 valence electrons. The van der Waals surface area contributed by atoms with E-state index in [-0.39, 0.29) is 20.1 Å². The number of fused-ring (bicyclic) bond motifs is 6. The quantitative estimate of drug-likeness (QED) is 0.167. The fourth-order valence-electron chi connectivity index (χ4n) is 6.35. The minimum Gasteiger partial charge on any atom is -0.500 e. The molecular formula is C44H31IrN3O-2. The van der Waals surface area contributed by atoms with Crippen LogP contribution in [-0.4, -0.2) is 15.0 Å². The third-order valence-corrected chi connectivity index (χ3v) is 8.80. The molecule has 0 fully saturated rings. The number of hydrogen-bond acceptors (Lipinski definition) is 4. The van der Waals surface area contributed by atoms with Gasteiger partial charge in [-0.15, -0.1) is 54.1 Å². The zero-order chi connectivity index (χ0) is 32.6. The maximum absolute atomic E-state index is 6.54. The molecule has 0 N–H and O–H groups in total. The number of furan rings is 1. The molecular weight excluding hydrogens is 779 g/mol. The summed E-state index contributed by atoms with van der Waals surface area (Å²) >= 11 is 0. The van der Waals surface area contributed by atoms with E-state index < -0.39 is 0 Å². The van der Waals surface area contributed by atoms with Gasteiger partial charge < -0.3 is 14.4 Å². The zero-order valence-corrected chi connectivity index (χ0v) is 29.7. The maximum atomic E-state index is 6.54. The number of hydrogen-bond donors (Lipinski definition) is 0. The van der Waals surface area contributed by atoms with Gasteiger partial charge in [-0.2, -0.15) is 0 Å². The average molecular weight is 810 g/mol. The van der Waals surface area contributed by atoms with Gasteiger partial charge in [0.2, 0.25) is 0 Å². The van der Waals surface area contributed by atoms with Crippen LogP contribution in [0.4, 0.5) is 0 Å². The van der Waals surface area contributed by atoms with Gasteiger partial charge in [0, 0.05) is 54.4 Å². The van der Waals surface area contributed by atoms with Gasteiger partial charge in [0.1, 0.15) is 5.58 Å². The molecule has 4 heterocycles. The van der Waals surface area contributed by atoms with Crippen molar-refractivity contribution < 1.29 is 24.5 Å². The van der Waals surface area contributed by atoms with Crippen molar-refractivity contribution in [1.29, 1.82) is 0 Å². The summed E-state index contributed by atoms with van der Waals surface area (Å²) in [6.07, 6.45) is 3.74. The molecule has 0 amide bonds. The Morgan fingerprint density at radius 1 is 0.571 bits per heavy atom. The Labute approximate surface area is 298 Å². The summed E-state index contributed by atoms with van der Waals surface area (Å²) in [5, 5.41) is 5.61. The predicted molar refractivity (Wildman–Crippen MR) is 197 cm³/mol. The Bertz CT molecular complexity index is 2560. The molecule has 0 spiro atoms. The Hall–Kier alpha value is -5.48. The number of aryl methyl sites for hydroxylation is 3. The van der Waals surface area contributed by atoms with Crippen molar-refractivity contribution in [3.8, 4) is 33.6 Å². The van der Waals surface area contributed by atoms with E-state index in [9.17, 15) is 0 Å². The van der Waals surface area contributed by atoms with Gasteiger partial charge in [0.05, 0.1) is 11.1 Å². The van der Waals surface area contributed by atoms with Gasteiger partial charge >= 0.3 is 0 Å². The molecule has 5 aromatic carbocycles. The predicted octanol–water partition coefficient (Wildman–Crippen LogP) is 11.3. The van der Waals surface area contributed by atoms with Crippen LogP contribution in [0.1, 0.15) is 16.8 Å². The van der Waals surface area contributed by atoms with Gasteiger partial charge in [-0.05, 0) is 84.1 Å². The van der Waals surface area contributed by atoms with E-state index in [1.54, 1.807) is 6.20 Å². The number of nitrogens with zero attached hydrogens (tertiary/aromatic N) is 3. The van der Waals surface area contributed by atoms with Crippen LogP contribution in [0.15, 0.2) is 138 Å². The van der Waals surface area contributed by atoms with Gasteiger partial charge in [-0.1, -0.05) is 71.6 Å². The van der Waals surface area contributed by atoms with Crippen LogP contribution >= 0.6 is 0 Å². The Kier molecular flexibility index (Phi) is 8.88. The number of aromatic nitrogens is 3. The zero-order valence-electron chi connectivity index (χ0n) is 27.3. The molecule has 4 aromatic heterocycles. The van der Waals surface area contributed by atoms with Crippen LogP contribution in [0.25, 0.3) is 77.3 Å². The third-order valence-electron chi connectivity index (χ3n) is 8.80. The summed E-state index contributed by atoms with van der Waals surface area (Å²) in [7, 11) is 0. The van der Waals surface area contributed by atoms with Crippen molar-refractivity contribution in [2.45, 2.75) is 20.8 Å². The van der Waals surface area contributed by atoms with E-state index >= 15 is 0 Å².